The first-order chi connectivity index (χ1) is 8.21. The summed E-state index contributed by atoms with van der Waals surface area (Å²) in [5, 5.41) is 3.82. The molecule has 0 fully saturated rings. The van der Waals surface area contributed by atoms with Crippen LogP contribution in [0, 0.1) is 11.8 Å². The zero-order chi connectivity index (χ0) is 13.1. The molecule has 1 N–H and O–H groups in total. The van der Waals surface area contributed by atoms with Crippen LogP contribution in [0.2, 0.25) is 0 Å². The van der Waals surface area contributed by atoms with Gasteiger partial charge in [-0.25, -0.2) is 0 Å². The Bertz CT molecular complexity index is 150. The Kier molecular flexibility index (Phi) is 11.0. The second kappa shape index (κ2) is 11.1. The predicted molar refractivity (Wildman–Crippen MR) is 79.5 cm³/mol. The summed E-state index contributed by atoms with van der Waals surface area (Å²) in [6, 6.07) is 0.745. The largest absolute Gasteiger partial charge is 0.313 e. The average molecular weight is 241 g/mol. The second-order valence-electron chi connectivity index (χ2n) is 5.58. The Morgan fingerprint density at radius 3 is 1.71 bits per heavy atom. The molecular formula is C16H35N. The van der Waals surface area contributed by atoms with Gasteiger partial charge >= 0.3 is 0 Å². The van der Waals surface area contributed by atoms with Crippen LogP contribution >= 0.6 is 0 Å². The van der Waals surface area contributed by atoms with Crippen molar-refractivity contribution in [2.24, 2.45) is 11.8 Å². The first kappa shape index (κ1) is 17.0. The van der Waals surface area contributed by atoms with E-state index in [0.29, 0.717) is 0 Å². The molecule has 104 valence electrons. The van der Waals surface area contributed by atoms with Crippen molar-refractivity contribution >= 4 is 0 Å². The molecule has 0 bridgehead atoms. The van der Waals surface area contributed by atoms with E-state index in [9.17, 15) is 0 Å². The van der Waals surface area contributed by atoms with Gasteiger partial charge in [-0.05, 0) is 44.1 Å². The molecule has 0 aromatic carbocycles. The fourth-order valence-electron chi connectivity index (χ4n) is 3.02. The minimum atomic E-state index is 0.745. The van der Waals surface area contributed by atoms with Crippen molar-refractivity contribution in [3.8, 4) is 0 Å². The van der Waals surface area contributed by atoms with Gasteiger partial charge in [0.15, 0.2) is 0 Å². The van der Waals surface area contributed by atoms with Crippen LogP contribution in [0.15, 0.2) is 0 Å². The van der Waals surface area contributed by atoms with Crippen LogP contribution in [-0.2, 0) is 0 Å². The van der Waals surface area contributed by atoms with E-state index in [4.69, 9.17) is 0 Å². The third-order valence-electron chi connectivity index (χ3n) is 3.81. The molecule has 0 saturated carbocycles. The second-order valence-corrected chi connectivity index (χ2v) is 5.58. The van der Waals surface area contributed by atoms with Crippen molar-refractivity contribution in [1.29, 1.82) is 0 Å². The van der Waals surface area contributed by atoms with Crippen LogP contribution in [0.1, 0.15) is 79.6 Å². The van der Waals surface area contributed by atoms with E-state index in [2.05, 4.69) is 39.9 Å². The number of hydrogen-bond donors (Lipinski definition) is 1. The molecule has 0 aromatic rings. The molecule has 0 amide bonds. The molecular weight excluding hydrogens is 206 g/mol. The van der Waals surface area contributed by atoms with E-state index < -0.39 is 0 Å². The molecule has 2 unspecified atom stereocenters. The van der Waals surface area contributed by atoms with Crippen molar-refractivity contribution in [3.63, 3.8) is 0 Å². The lowest BCUT2D eigenvalue weighted by Gasteiger charge is -2.33. The van der Waals surface area contributed by atoms with Gasteiger partial charge in [-0.3, -0.25) is 0 Å². The van der Waals surface area contributed by atoms with Gasteiger partial charge in [0, 0.05) is 6.04 Å². The maximum atomic E-state index is 3.82. The third kappa shape index (κ3) is 7.08. The number of nitrogens with one attached hydrogen (secondary N) is 1. The number of hydrogen-bond acceptors (Lipinski definition) is 1. The summed E-state index contributed by atoms with van der Waals surface area (Å²) >= 11 is 0. The Hall–Kier alpha value is -0.0400. The fraction of sp³-hybridized carbons (Fsp3) is 1.00. The molecule has 1 heteroatoms. The molecule has 0 heterocycles. The zero-order valence-electron chi connectivity index (χ0n) is 12.9. The highest BCUT2D eigenvalue weighted by molar-refractivity contribution is 4.80. The molecule has 0 rings (SSSR count). The van der Waals surface area contributed by atoms with E-state index in [-0.39, 0.29) is 0 Å². The van der Waals surface area contributed by atoms with Crippen molar-refractivity contribution in [2.45, 2.75) is 85.6 Å². The molecule has 1 nitrogen and oxygen atoms in total. The lowest BCUT2D eigenvalue weighted by Crippen LogP contribution is -2.41. The Labute approximate surface area is 110 Å². The summed E-state index contributed by atoms with van der Waals surface area (Å²) in [6.07, 6.45) is 9.37. The molecule has 17 heavy (non-hydrogen) atoms. The van der Waals surface area contributed by atoms with E-state index in [0.717, 1.165) is 17.9 Å². The van der Waals surface area contributed by atoms with Gasteiger partial charge in [0.1, 0.15) is 0 Å². The van der Waals surface area contributed by atoms with Gasteiger partial charge in [-0.2, -0.15) is 0 Å². The SMILES string of the molecule is CCCNC(C(C)CCC)C(CCC)CCC. The van der Waals surface area contributed by atoms with Crippen LogP contribution in [0.25, 0.3) is 0 Å². The van der Waals surface area contributed by atoms with Crippen molar-refractivity contribution in [2.75, 3.05) is 6.54 Å². The van der Waals surface area contributed by atoms with Crippen LogP contribution < -0.4 is 5.32 Å². The summed E-state index contributed by atoms with van der Waals surface area (Å²) in [5.74, 6) is 1.72. The fourth-order valence-corrected chi connectivity index (χ4v) is 3.02. The van der Waals surface area contributed by atoms with Gasteiger partial charge < -0.3 is 5.32 Å². The maximum absolute atomic E-state index is 3.82. The molecule has 0 aromatic heterocycles. The van der Waals surface area contributed by atoms with Gasteiger partial charge in [0.2, 0.25) is 0 Å². The van der Waals surface area contributed by atoms with E-state index in [1.54, 1.807) is 0 Å². The highest BCUT2D eigenvalue weighted by atomic mass is 14.9. The van der Waals surface area contributed by atoms with E-state index in [1.807, 2.05) is 0 Å². The predicted octanol–water partition coefficient (Wildman–Crippen LogP) is 5.01. The van der Waals surface area contributed by atoms with E-state index in [1.165, 1.54) is 51.5 Å². The molecule has 0 radical (unpaired) electrons. The first-order valence-corrected chi connectivity index (χ1v) is 7.94. The summed E-state index contributed by atoms with van der Waals surface area (Å²) in [5.41, 5.74) is 0. The topological polar surface area (TPSA) is 12.0 Å². The van der Waals surface area contributed by atoms with E-state index >= 15 is 0 Å². The van der Waals surface area contributed by atoms with Gasteiger partial charge in [0.05, 0.1) is 0 Å². The highest BCUT2D eigenvalue weighted by Gasteiger charge is 2.24. The molecule has 0 aliphatic heterocycles. The highest BCUT2D eigenvalue weighted by Crippen LogP contribution is 2.25. The lowest BCUT2D eigenvalue weighted by atomic mass is 9.81. The van der Waals surface area contributed by atoms with Gasteiger partial charge in [-0.15, -0.1) is 0 Å². The van der Waals surface area contributed by atoms with Crippen LogP contribution in [0.4, 0.5) is 0 Å². The molecule has 2 atom stereocenters. The molecule has 0 aliphatic rings. The Morgan fingerprint density at radius 2 is 1.29 bits per heavy atom. The third-order valence-corrected chi connectivity index (χ3v) is 3.81. The molecule has 0 aliphatic carbocycles. The van der Waals surface area contributed by atoms with Gasteiger partial charge in [0.25, 0.3) is 0 Å². The average Bonchev–Trinajstić information content (AvgIpc) is 2.30. The maximum Gasteiger partial charge on any atom is 0.0121 e. The van der Waals surface area contributed by atoms with Crippen LogP contribution in [0.3, 0.4) is 0 Å². The summed E-state index contributed by atoms with van der Waals surface area (Å²) in [4.78, 5) is 0. The normalized spacial score (nSPS) is 15.2. The van der Waals surface area contributed by atoms with Crippen molar-refractivity contribution in [3.05, 3.63) is 0 Å². The number of rotatable bonds is 11. The lowest BCUT2D eigenvalue weighted by molar-refractivity contribution is 0.232. The smallest absolute Gasteiger partial charge is 0.0121 e. The van der Waals surface area contributed by atoms with Crippen molar-refractivity contribution < 1.29 is 0 Å². The molecule has 0 spiro atoms. The summed E-state index contributed by atoms with van der Waals surface area (Å²) in [6.45, 7) is 12.8. The Balaban J connectivity index is 4.45. The summed E-state index contributed by atoms with van der Waals surface area (Å²) in [7, 11) is 0. The minimum absolute atomic E-state index is 0.745. The van der Waals surface area contributed by atoms with Crippen LogP contribution in [-0.4, -0.2) is 12.6 Å². The monoisotopic (exact) mass is 241 g/mol. The van der Waals surface area contributed by atoms with Crippen LogP contribution in [0.5, 0.6) is 0 Å². The summed E-state index contributed by atoms with van der Waals surface area (Å²) < 4.78 is 0. The minimum Gasteiger partial charge on any atom is -0.313 e. The quantitative estimate of drug-likeness (QED) is 0.536. The molecule has 0 saturated heterocycles. The zero-order valence-corrected chi connectivity index (χ0v) is 12.9. The standard InChI is InChI=1S/C16H35N/c1-6-10-14(5)16(17-13-9-4)15(11-7-2)12-8-3/h14-17H,6-13H2,1-5H3. The van der Waals surface area contributed by atoms with Crippen molar-refractivity contribution in [1.82, 2.24) is 5.32 Å². The first-order valence-electron chi connectivity index (χ1n) is 7.94. The van der Waals surface area contributed by atoms with Gasteiger partial charge in [-0.1, -0.05) is 53.9 Å². The Morgan fingerprint density at radius 1 is 0.765 bits per heavy atom.